The van der Waals surface area contributed by atoms with Gasteiger partial charge < -0.3 is 37.5 Å². The van der Waals surface area contributed by atoms with E-state index < -0.39 is 66.1 Å². The van der Waals surface area contributed by atoms with E-state index in [4.69, 9.17) is 11.5 Å². The molecule has 0 bridgehead atoms. The molecule has 12 nitrogen and oxygen atoms in total. The van der Waals surface area contributed by atoms with E-state index in [0.29, 0.717) is 0 Å². The van der Waals surface area contributed by atoms with Gasteiger partial charge in [-0.05, 0) is 17.5 Å². The number of H-pyrrole nitrogens is 1. The lowest BCUT2D eigenvalue weighted by Crippen LogP contribution is -2.59. The third-order valence-electron chi connectivity index (χ3n) is 5.53. The highest BCUT2D eigenvalue weighted by Gasteiger charge is 2.32. The van der Waals surface area contributed by atoms with Crippen molar-refractivity contribution in [3.05, 3.63) is 36.0 Å². The minimum absolute atomic E-state index is 0.0421. The summed E-state index contributed by atoms with van der Waals surface area (Å²) in [5.74, 6) is -4.76. The number of benzene rings is 1. The number of carbonyl (C=O) groups excluding carboxylic acids is 4. The average molecular weight is 521 g/mol. The second-order valence-corrected chi connectivity index (χ2v) is 9.08. The highest BCUT2D eigenvalue weighted by atomic mass is 32.1. The molecule has 196 valence electrons. The first-order chi connectivity index (χ1) is 16.9. The number of aromatic nitrogens is 1. The van der Waals surface area contributed by atoms with Gasteiger partial charge in [-0.15, -0.1) is 0 Å². The van der Waals surface area contributed by atoms with E-state index in [9.17, 15) is 29.1 Å². The van der Waals surface area contributed by atoms with Crippen molar-refractivity contribution in [3.8, 4) is 0 Å². The molecule has 9 N–H and O–H groups in total. The molecule has 1 aromatic carbocycles. The molecular weight excluding hydrogens is 488 g/mol. The topological polar surface area (TPSA) is 209 Å². The standard InChI is InChI=1S/C23H32N6O6S/c1-11(2)19(29-20(31)14(24)8-18(25)30)22(33)27-16(21(32)28-17(10-36)23(34)35)7-12-9-26-15-6-4-3-5-13(12)15/h3-6,9,11,14,16-17,19,26,36H,7-8,10,24H2,1-2H3,(H2,25,30)(H,27,33)(H,28,32)(H,29,31)(H,34,35). The number of rotatable bonds is 13. The third kappa shape index (κ3) is 7.71. The highest BCUT2D eigenvalue weighted by molar-refractivity contribution is 7.80. The largest absolute Gasteiger partial charge is 0.480 e. The molecule has 0 saturated heterocycles. The number of nitrogens with two attached hydrogens (primary N) is 2. The Morgan fingerprint density at radius 2 is 1.64 bits per heavy atom. The smallest absolute Gasteiger partial charge is 0.327 e. The van der Waals surface area contributed by atoms with Crippen molar-refractivity contribution in [2.75, 3.05) is 5.75 Å². The number of aromatic amines is 1. The number of carboxylic acid groups (broad SMARTS) is 1. The van der Waals surface area contributed by atoms with Crippen LogP contribution in [0.5, 0.6) is 0 Å². The van der Waals surface area contributed by atoms with Gasteiger partial charge in [0.15, 0.2) is 0 Å². The van der Waals surface area contributed by atoms with Gasteiger partial charge in [-0.2, -0.15) is 12.6 Å². The van der Waals surface area contributed by atoms with Gasteiger partial charge in [0.1, 0.15) is 18.1 Å². The molecule has 0 aliphatic heterocycles. The number of nitrogens with one attached hydrogen (secondary N) is 4. The Morgan fingerprint density at radius 1 is 1.00 bits per heavy atom. The molecule has 4 amide bonds. The summed E-state index contributed by atoms with van der Waals surface area (Å²) in [6, 6.07) is 2.61. The molecule has 1 aromatic heterocycles. The fourth-order valence-corrected chi connectivity index (χ4v) is 3.80. The van der Waals surface area contributed by atoms with Crippen LogP contribution in [0.4, 0.5) is 0 Å². The Hall–Kier alpha value is -3.58. The molecule has 13 heteroatoms. The fourth-order valence-electron chi connectivity index (χ4n) is 3.55. The van der Waals surface area contributed by atoms with E-state index >= 15 is 0 Å². The van der Waals surface area contributed by atoms with E-state index in [2.05, 4.69) is 33.6 Å². The summed E-state index contributed by atoms with van der Waals surface area (Å²) in [5, 5.41) is 17.6. The second-order valence-electron chi connectivity index (χ2n) is 8.71. The molecule has 2 aromatic rings. The molecular formula is C23H32N6O6S. The summed E-state index contributed by atoms with van der Waals surface area (Å²) in [6.45, 7) is 3.36. The molecule has 2 rings (SSSR count). The van der Waals surface area contributed by atoms with E-state index in [-0.39, 0.29) is 12.2 Å². The minimum Gasteiger partial charge on any atom is -0.480 e. The Labute approximate surface area is 213 Å². The molecule has 0 aliphatic rings. The molecule has 0 saturated carbocycles. The van der Waals surface area contributed by atoms with Gasteiger partial charge in [0.05, 0.1) is 12.5 Å². The number of hydrogen-bond acceptors (Lipinski definition) is 7. The zero-order valence-electron chi connectivity index (χ0n) is 20.0. The van der Waals surface area contributed by atoms with E-state index in [0.717, 1.165) is 16.5 Å². The van der Waals surface area contributed by atoms with Crippen LogP contribution in [0.15, 0.2) is 30.5 Å². The molecule has 4 atom stereocenters. The highest BCUT2D eigenvalue weighted by Crippen LogP contribution is 2.19. The number of hydrogen-bond donors (Lipinski definition) is 8. The maximum absolute atomic E-state index is 13.2. The van der Waals surface area contributed by atoms with Gasteiger partial charge >= 0.3 is 5.97 Å². The fraction of sp³-hybridized carbons (Fsp3) is 0.435. The van der Waals surface area contributed by atoms with Crippen molar-refractivity contribution >= 4 is 53.1 Å². The van der Waals surface area contributed by atoms with Crippen molar-refractivity contribution in [3.63, 3.8) is 0 Å². The van der Waals surface area contributed by atoms with Gasteiger partial charge in [-0.1, -0.05) is 32.0 Å². The van der Waals surface area contributed by atoms with Crippen LogP contribution in [-0.2, 0) is 30.4 Å². The Kier molecular flexibility index (Phi) is 10.3. The Morgan fingerprint density at radius 3 is 2.22 bits per heavy atom. The van der Waals surface area contributed by atoms with Crippen LogP contribution in [-0.4, -0.2) is 69.6 Å². The molecule has 0 radical (unpaired) electrons. The summed E-state index contributed by atoms with van der Waals surface area (Å²) in [4.78, 5) is 64.2. The number of amides is 4. The Balaban J connectivity index is 2.28. The number of thiol groups is 1. The van der Waals surface area contributed by atoms with Crippen LogP contribution in [0.2, 0.25) is 0 Å². The number of para-hydroxylation sites is 1. The average Bonchev–Trinajstić information content (AvgIpc) is 3.22. The van der Waals surface area contributed by atoms with Crippen molar-refractivity contribution in [1.82, 2.24) is 20.9 Å². The van der Waals surface area contributed by atoms with E-state index in [1.165, 1.54) is 0 Å². The van der Waals surface area contributed by atoms with Gasteiger partial charge in [-0.3, -0.25) is 19.2 Å². The zero-order chi connectivity index (χ0) is 27.0. The first-order valence-corrected chi connectivity index (χ1v) is 11.9. The quantitative estimate of drug-likeness (QED) is 0.155. The summed E-state index contributed by atoms with van der Waals surface area (Å²) < 4.78 is 0. The summed E-state index contributed by atoms with van der Waals surface area (Å²) in [5.41, 5.74) is 12.3. The molecule has 0 spiro atoms. The maximum Gasteiger partial charge on any atom is 0.327 e. The third-order valence-corrected chi connectivity index (χ3v) is 5.90. The predicted octanol–water partition coefficient (Wildman–Crippen LogP) is -0.962. The monoisotopic (exact) mass is 520 g/mol. The van der Waals surface area contributed by atoms with Crippen molar-refractivity contribution in [1.29, 1.82) is 0 Å². The van der Waals surface area contributed by atoms with E-state index in [1.807, 2.05) is 24.3 Å². The van der Waals surface area contributed by atoms with Gasteiger partial charge in [0.25, 0.3) is 0 Å². The van der Waals surface area contributed by atoms with Crippen molar-refractivity contribution in [2.45, 2.75) is 50.9 Å². The summed E-state index contributed by atoms with van der Waals surface area (Å²) in [6.07, 6.45) is 1.35. The van der Waals surface area contributed by atoms with Crippen LogP contribution in [0.25, 0.3) is 10.9 Å². The number of primary amides is 1. The number of carbonyl (C=O) groups is 5. The summed E-state index contributed by atoms with van der Waals surface area (Å²) in [7, 11) is 0. The Bertz CT molecular complexity index is 1120. The molecule has 36 heavy (non-hydrogen) atoms. The maximum atomic E-state index is 13.2. The first kappa shape index (κ1) is 28.7. The molecule has 0 aliphatic carbocycles. The molecule has 0 fully saturated rings. The van der Waals surface area contributed by atoms with Crippen LogP contribution >= 0.6 is 12.6 Å². The molecule has 1 heterocycles. The SMILES string of the molecule is CC(C)C(NC(=O)C(N)CC(N)=O)C(=O)NC(Cc1c[nH]c2ccccc12)C(=O)NC(CS)C(=O)O. The van der Waals surface area contributed by atoms with Crippen LogP contribution in [0.3, 0.4) is 0 Å². The van der Waals surface area contributed by atoms with Crippen LogP contribution in [0.1, 0.15) is 25.8 Å². The van der Waals surface area contributed by atoms with Crippen LogP contribution in [0, 0.1) is 5.92 Å². The second kappa shape index (κ2) is 12.9. The lowest BCUT2D eigenvalue weighted by Gasteiger charge is -2.26. The van der Waals surface area contributed by atoms with E-state index in [1.54, 1.807) is 20.0 Å². The lowest BCUT2D eigenvalue weighted by atomic mass is 10.00. The van der Waals surface area contributed by atoms with Crippen LogP contribution < -0.4 is 27.4 Å². The van der Waals surface area contributed by atoms with Gasteiger partial charge in [-0.25, -0.2) is 4.79 Å². The van der Waals surface area contributed by atoms with Gasteiger partial charge in [0.2, 0.25) is 23.6 Å². The van der Waals surface area contributed by atoms with Crippen molar-refractivity contribution in [2.24, 2.45) is 17.4 Å². The molecule has 4 unspecified atom stereocenters. The zero-order valence-corrected chi connectivity index (χ0v) is 20.9. The van der Waals surface area contributed by atoms with Gasteiger partial charge in [0, 0.05) is 29.3 Å². The number of fused-ring (bicyclic) bond motifs is 1. The lowest BCUT2D eigenvalue weighted by molar-refractivity contribution is -0.141. The predicted molar refractivity (Wildman–Crippen MR) is 136 cm³/mol. The van der Waals surface area contributed by atoms with Crippen molar-refractivity contribution < 1.29 is 29.1 Å². The minimum atomic E-state index is -1.27. The number of carboxylic acids is 1. The first-order valence-electron chi connectivity index (χ1n) is 11.3. The summed E-state index contributed by atoms with van der Waals surface area (Å²) >= 11 is 3.97. The normalized spacial score (nSPS) is 14.5. The number of aliphatic carboxylic acids is 1.